The van der Waals surface area contributed by atoms with E-state index in [-0.39, 0.29) is 5.92 Å². The molecular formula is C20H27N3O3S. The van der Waals surface area contributed by atoms with Crippen molar-refractivity contribution < 1.29 is 13.9 Å². The van der Waals surface area contributed by atoms with Crippen LogP contribution in [0.25, 0.3) is 6.08 Å². The number of alkyl carbamates (subject to hydrolysis) is 1. The normalized spacial score (nSPS) is 13.1. The first-order valence-electron chi connectivity index (χ1n) is 8.92. The Morgan fingerprint density at radius 3 is 2.59 bits per heavy atom. The molecule has 2 rings (SSSR count). The molecule has 1 amide bonds. The molecule has 0 radical (unpaired) electrons. The predicted molar refractivity (Wildman–Crippen MR) is 107 cm³/mol. The molecule has 0 saturated heterocycles. The minimum atomic E-state index is -0.563. The first-order chi connectivity index (χ1) is 12.7. The average Bonchev–Trinajstić information content (AvgIpc) is 3.04. The van der Waals surface area contributed by atoms with Crippen LogP contribution in [0.4, 0.5) is 4.79 Å². The highest BCUT2D eigenvalue weighted by Gasteiger charge is 2.26. The quantitative estimate of drug-likeness (QED) is 0.664. The van der Waals surface area contributed by atoms with Crippen LogP contribution in [-0.2, 0) is 4.74 Å². The minimum Gasteiger partial charge on any atom is -0.444 e. The Morgan fingerprint density at radius 2 is 1.96 bits per heavy atom. The van der Waals surface area contributed by atoms with E-state index < -0.39 is 17.7 Å². The summed E-state index contributed by atoms with van der Waals surface area (Å²) in [7, 11) is 0. The first-order valence-corrected chi connectivity index (χ1v) is 9.90. The van der Waals surface area contributed by atoms with Gasteiger partial charge in [-0.1, -0.05) is 68.1 Å². The van der Waals surface area contributed by atoms with E-state index in [1.165, 1.54) is 11.8 Å². The molecule has 0 aliphatic carbocycles. The number of nitrogens with one attached hydrogen (secondary N) is 1. The number of carbonyl (C=O) groups excluding carboxylic acids is 1. The van der Waals surface area contributed by atoms with Gasteiger partial charge in [-0.2, -0.15) is 0 Å². The third-order valence-corrected chi connectivity index (χ3v) is 4.21. The summed E-state index contributed by atoms with van der Waals surface area (Å²) in [5.74, 6) is 1.17. The number of aromatic nitrogens is 2. The second-order valence-electron chi connectivity index (χ2n) is 7.40. The molecule has 0 aliphatic heterocycles. The number of carbonyl (C=O) groups is 1. The highest BCUT2D eigenvalue weighted by molar-refractivity contribution is 7.99. The van der Waals surface area contributed by atoms with Crippen molar-refractivity contribution in [2.75, 3.05) is 5.75 Å². The Labute approximate surface area is 164 Å². The summed E-state index contributed by atoms with van der Waals surface area (Å²) in [6, 6.07) is 9.68. The van der Waals surface area contributed by atoms with Crippen LogP contribution in [0.1, 0.15) is 52.1 Å². The van der Waals surface area contributed by atoms with Crippen LogP contribution in [0.3, 0.4) is 0 Å². The molecule has 6 nitrogen and oxygen atoms in total. The van der Waals surface area contributed by atoms with E-state index in [4.69, 9.17) is 9.15 Å². The van der Waals surface area contributed by atoms with Crippen LogP contribution < -0.4 is 5.32 Å². The van der Waals surface area contributed by atoms with Crippen molar-refractivity contribution in [3.63, 3.8) is 0 Å². The maximum Gasteiger partial charge on any atom is 0.408 e. The third-order valence-electron chi connectivity index (χ3n) is 3.44. The summed E-state index contributed by atoms with van der Waals surface area (Å²) in [5.41, 5.74) is 0.581. The van der Waals surface area contributed by atoms with E-state index in [0.717, 1.165) is 5.56 Å². The highest BCUT2D eigenvalue weighted by atomic mass is 32.2. The van der Waals surface area contributed by atoms with E-state index in [2.05, 4.69) is 15.5 Å². The van der Waals surface area contributed by atoms with Crippen molar-refractivity contribution >= 4 is 23.9 Å². The van der Waals surface area contributed by atoms with Crippen molar-refractivity contribution in [3.05, 3.63) is 47.9 Å². The summed E-state index contributed by atoms with van der Waals surface area (Å²) in [5, 5.41) is 11.4. The van der Waals surface area contributed by atoms with Gasteiger partial charge in [0.25, 0.3) is 5.22 Å². The number of thioether (sulfide) groups is 1. The number of amides is 1. The predicted octanol–water partition coefficient (Wildman–Crippen LogP) is 5.10. The van der Waals surface area contributed by atoms with E-state index in [1.807, 2.05) is 77.1 Å². The lowest BCUT2D eigenvalue weighted by Gasteiger charge is -2.23. The summed E-state index contributed by atoms with van der Waals surface area (Å²) < 4.78 is 11.0. The molecule has 27 heavy (non-hydrogen) atoms. The molecule has 0 fully saturated rings. The summed E-state index contributed by atoms with van der Waals surface area (Å²) in [4.78, 5) is 12.1. The van der Waals surface area contributed by atoms with Crippen molar-refractivity contribution in [1.82, 2.24) is 15.5 Å². The second kappa shape index (κ2) is 9.60. The molecule has 2 aromatic rings. The highest BCUT2D eigenvalue weighted by Crippen LogP contribution is 2.25. The van der Waals surface area contributed by atoms with Crippen molar-refractivity contribution in [1.29, 1.82) is 0 Å². The first kappa shape index (κ1) is 21.0. The molecule has 1 heterocycles. The molecule has 1 N–H and O–H groups in total. The summed E-state index contributed by atoms with van der Waals surface area (Å²) in [6.45, 7) is 9.41. The Morgan fingerprint density at radius 1 is 1.26 bits per heavy atom. The lowest BCUT2D eigenvalue weighted by atomic mass is 10.1. The van der Waals surface area contributed by atoms with E-state index in [0.29, 0.717) is 16.9 Å². The summed E-state index contributed by atoms with van der Waals surface area (Å²) in [6.07, 6.45) is 3.59. The smallest absolute Gasteiger partial charge is 0.408 e. The average molecular weight is 390 g/mol. The van der Waals surface area contributed by atoms with Gasteiger partial charge in [-0.3, -0.25) is 0 Å². The van der Waals surface area contributed by atoms with Gasteiger partial charge < -0.3 is 14.5 Å². The van der Waals surface area contributed by atoms with Crippen molar-refractivity contribution in [2.45, 2.75) is 51.5 Å². The van der Waals surface area contributed by atoms with Gasteiger partial charge in [-0.25, -0.2) is 4.79 Å². The lowest BCUT2D eigenvalue weighted by Crippen LogP contribution is -2.37. The monoisotopic (exact) mass is 389 g/mol. The lowest BCUT2D eigenvalue weighted by molar-refractivity contribution is 0.0477. The van der Waals surface area contributed by atoms with Crippen LogP contribution in [0.15, 0.2) is 46.0 Å². The number of nitrogens with zero attached hydrogens (tertiary/aromatic N) is 2. The zero-order chi connectivity index (χ0) is 19.9. The number of hydrogen-bond donors (Lipinski definition) is 1. The molecule has 0 bridgehead atoms. The van der Waals surface area contributed by atoms with Gasteiger partial charge in [-0.15, -0.1) is 10.2 Å². The van der Waals surface area contributed by atoms with Crippen molar-refractivity contribution in [2.24, 2.45) is 5.92 Å². The van der Waals surface area contributed by atoms with Gasteiger partial charge in [-0.05, 0) is 32.3 Å². The molecule has 1 unspecified atom stereocenters. The van der Waals surface area contributed by atoms with E-state index in [9.17, 15) is 4.79 Å². The Hall–Kier alpha value is -2.28. The van der Waals surface area contributed by atoms with Crippen LogP contribution in [0, 0.1) is 5.92 Å². The SMILES string of the molecule is CC(C)C(NC(=O)OC(C)(C)C)c1nnc(SC/C=C/c2ccccc2)o1. The van der Waals surface area contributed by atoms with Gasteiger partial charge in [0, 0.05) is 5.75 Å². The number of ether oxygens (including phenoxy) is 1. The second-order valence-corrected chi connectivity index (χ2v) is 8.37. The number of hydrogen-bond acceptors (Lipinski definition) is 6. The fourth-order valence-corrected chi connectivity index (χ4v) is 2.80. The van der Waals surface area contributed by atoms with Gasteiger partial charge in [0.15, 0.2) is 0 Å². The van der Waals surface area contributed by atoms with E-state index >= 15 is 0 Å². The zero-order valence-corrected chi connectivity index (χ0v) is 17.2. The molecule has 1 atom stereocenters. The Bertz CT molecular complexity index is 751. The molecule has 1 aromatic heterocycles. The van der Waals surface area contributed by atoms with Gasteiger partial charge in [0.2, 0.25) is 5.89 Å². The maximum absolute atomic E-state index is 12.1. The largest absolute Gasteiger partial charge is 0.444 e. The fourth-order valence-electron chi connectivity index (χ4n) is 2.22. The zero-order valence-electron chi connectivity index (χ0n) is 16.4. The van der Waals surface area contributed by atoms with Crippen LogP contribution in [0.2, 0.25) is 0 Å². The van der Waals surface area contributed by atoms with Crippen LogP contribution >= 0.6 is 11.8 Å². The standard InChI is InChI=1S/C20H27N3O3S/c1-14(2)16(21-18(24)26-20(3,4)5)17-22-23-19(25-17)27-13-9-12-15-10-7-6-8-11-15/h6-12,14,16H,13H2,1-5H3,(H,21,24)/b12-9+. The number of benzene rings is 1. The molecule has 0 aliphatic rings. The summed E-state index contributed by atoms with van der Waals surface area (Å²) >= 11 is 1.45. The minimum absolute atomic E-state index is 0.0776. The van der Waals surface area contributed by atoms with Gasteiger partial charge in [0.05, 0.1) is 0 Å². The van der Waals surface area contributed by atoms with Gasteiger partial charge in [0.1, 0.15) is 11.6 Å². The number of rotatable bonds is 7. The molecular weight excluding hydrogens is 362 g/mol. The molecule has 0 spiro atoms. The maximum atomic E-state index is 12.1. The molecule has 0 saturated carbocycles. The molecule has 146 valence electrons. The van der Waals surface area contributed by atoms with Gasteiger partial charge >= 0.3 is 6.09 Å². The van der Waals surface area contributed by atoms with Crippen LogP contribution in [0.5, 0.6) is 0 Å². The van der Waals surface area contributed by atoms with E-state index in [1.54, 1.807) is 0 Å². The molecule has 1 aromatic carbocycles. The fraction of sp³-hybridized carbons (Fsp3) is 0.450. The van der Waals surface area contributed by atoms with Crippen molar-refractivity contribution in [3.8, 4) is 0 Å². The Kier molecular flexibility index (Phi) is 7.47. The molecule has 7 heteroatoms. The topological polar surface area (TPSA) is 77.2 Å². The Balaban J connectivity index is 1.92. The third kappa shape index (κ3) is 7.46. The van der Waals surface area contributed by atoms with Crippen LogP contribution in [-0.4, -0.2) is 27.6 Å².